The Labute approximate surface area is 164 Å². The Morgan fingerprint density at radius 3 is 2.48 bits per heavy atom. The monoisotopic (exact) mass is 394 g/mol. The van der Waals surface area contributed by atoms with E-state index in [-0.39, 0.29) is 5.75 Å². The van der Waals surface area contributed by atoms with Gasteiger partial charge in [0, 0.05) is 39.3 Å². The van der Waals surface area contributed by atoms with E-state index in [1.54, 1.807) is 20.9 Å². The van der Waals surface area contributed by atoms with Crippen LogP contribution < -0.4 is 5.32 Å². The molecule has 1 saturated heterocycles. The first-order chi connectivity index (χ1) is 12.6. The summed E-state index contributed by atoms with van der Waals surface area (Å²) >= 11 is 0. The van der Waals surface area contributed by atoms with Gasteiger partial charge >= 0.3 is 0 Å². The van der Waals surface area contributed by atoms with Gasteiger partial charge in [-0.1, -0.05) is 24.3 Å². The maximum Gasteiger partial charge on any atom is 0.193 e. The minimum Gasteiger partial charge on any atom is -0.352 e. The van der Waals surface area contributed by atoms with Crippen LogP contribution >= 0.6 is 0 Å². The molecule has 1 N–H and O–H groups in total. The lowest BCUT2D eigenvalue weighted by molar-refractivity contribution is 0.265. The molecule has 152 valence electrons. The molecule has 27 heavy (non-hydrogen) atoms. The van der Waals surface area contributed by atoms with Gasteiger partial charge in [-0.05, 0) is 45.9 Å². The standard InChI is InChI=1S/C20H34N4O2S/c1-16(2)23(6)14-18-10-8-7-9-17(18)13-22-19(21-5)24-11-12-27(25,26)20(3,4)15-24/h7-10,16H,11-15H2,1-6H3,(H,21,22). The highest BCUT2D eigenvalue weighted by Gasteiger charge is 2.40. The van der Waals surface area contributed by atoms with Gasteiger partial charge in [-0.2, -0.15) is 0 Å². The van der Waals surface area contributed by atoms with Crippen molar-refractivity contribution in [3.63, 3.8) is 0 Å². The first kappa shape index (κ1) is 21.7. The van der Waals surface area contributed by atoms with Crippen molar-refractivity contribution >= 4 is 15.8 Å². The van der Waals surface area contributed by atoms with E-state index in [4.69, 9.17) is 0 Å². The van der Waals surface area contributed by atoms with E-state index in [0.29, 0.717) is 25.7 Å². The molecule has 0 bridgehead atoms. The molecule has 2 rings (SSSR count). The number of guanidine groups is 1. The van der Waals surface area contributed by atoms with Crippen molar-refractivity contribution in [2.24, 2.45) is 4.99 Å². The largest absolute Gasteiger partial charge is 0.352 e. The SMILES string of the molecule is CN=C(NCc1ccccc1CN(C)C(C)C)N1CCS(=O)(=O)C(C)(C)C1. The van der Waals surface area contributed by atoms with Gasteiger partial charge < -0.3 is 10.2 Å². The van der Waals surface area contributed by atoms with Gasteiger partial charge in [0.25, 0.3) is 0 Å². The van der Waals surface area contributed by atoms with Crippen LogP contribution in [-0.2, 0) is 22.9 Å². The van der Waals surface area contributed by atoms with E-state index in [9.17, 15) is 8.42 Å². The molecule has 0 aromatic heterocycles. The molecule has 1 aromatic carbocycles. The molecule has 1 aromatic rings. The fourth-order valence-corrected chi connectivity index (χ4v) is 4.53. The number of hydrogen-bond donors (Lipinski definition) is 1. The van der Waals surface area contributed by atoms with Crippen LogP contribution in [0.3, 0.4) is 0 Å². The summed E-state index contributed by atoms with van der Waals surface area (Å²) in [5.74, 6) is 0.918. The van der Waals surface area contributed by atoms with Crippen LogP contribution in [0.1, 0.15) is 38.8 Å². The van der Waals surface area contributed by atoms with Crippen molar-refractivity contribution in [1.29, 1.82) is 0 Å². The second-order valence-corrected chi connectivity index (χ2v) is 10.9. The zero-order chi connectivity index (χ0) is 20.2. The Kier molecular flexibility index (Phi) is 6.92. The molecule has 0 saturated carbocycles. The van der Waals surface area contributed by atoms with Crippen LogP contribution in [0.15, 0.2) is 29.3 Å². The quantitative estimate of drug-likeness (QED) is 0.612. The summed E-state index contributed by atoms with van der Waals surface area (Å²) in [7, 11) is 0.815. The van der Waals surface area contributed by atoms with Gasteiger partial charge in [0.1, 0.15) is 0 Å². The Balaban J connectivity index is 2.07. The van der Waals surface area contributed by atoms with E-state index < -0.39 is 14.6 Å². The molecule has 0 aliphatic carbocycles. The maximum absolute atomic E-state index is 12.2. The highest BCUT2D eigenvalue weighted by Crippen LogP contribution is 2.23. The Morgan fingerprint density at radius 2 is 1.93 bits per heavy atom. The number of benzene rings is 1. The molecule has 1 fully saturated rings. The highest BCUT2D eigenvalue weighted by molar-refractivity contribution is 7.92. The summed E-state index contributed by atoms with van der Waals surface area (Å²) in [6.07, 6.45) is 0. The molecular weight excluding hydrogens is 360 g/mol. The topological polar surface area (TPSA) is 65.0 Å². The van der Waals surface area contributed by atoms with E-state index in [1.165, 1.54) is 11.1 Å². The normalized spacial score (nSPS) is 19.6. The fourth-order valence-electron chi connectivity index (χ4n) is 3.17. The van der Waals surface area contributed by atoms with Crippen LogP contribution in [-0.4, -0.2) is 67.9 Å². The van der Waals surface area contributed by atoms with E-state index in [0.717, 1.165) is 12.5 Å². The molecule has 6 nitrogen and oxygen atoms in total. The molecular formula is C20H34N4O2S. The minimum absolute atomic E-state index is 0.163. The zero-order valence-electron chi connectivity index (χ0n) is 17.5. The average molecular weight is 395 g/mol. The lowest BCUT2D eigenvalue weighted by Crippen LogP contribution is -2.57. The van der Waals surface area contributed by atoms with Crippen molar-refractivity contribution in [2.75, 3.05) is 32.9 Å². The predicted octanol–water partition coefficient (Wildman–Crippen LogP) is 2.11. The molecule has 0 atom stereocenters. The molecule has 1 aliphatic rings. The Hall–Kier alpha value is -1.60. The lowest BCUT2D eigenvalue weighted by atomic mass is 10.1. The third-order valence-electron chi connectivity index (χ3n) is 5.41. The van der Waals surface area contributed by atoms with E-state index >= 15 is 0 Å². The Bertz CT molecular complexity index is 772. The number of sulfone groups is 1. The van der Waals surface area contributed by atoms with Crippen LogP contribution in [0.4, 0.5) is 0 Å². The second-order valence-electron chi connectivity index (χ2n) is 8.18. The van der Waals surface area contributed by atoms with Gasteiger partial charge in [0.2, 0.25) is 0 Å². The van der Waals surface area contributed by atoms with E-state index in [2.05, 4.69) is 60.4 Å². The molecule has 0 unspecified atom stereocenters. The number of nitrogens with zero attached hydrogens (tertiary/aromatic N) is 3. The van der Waals surface area contributed by atoms with Crippen LogP contribution in [0.2, 0.25) is 0 Å². The van der Waals surface area contributed by atoms with Crippen molar-refractivity contribution in [2.45, 2.75) is 51.6 Å². The first-order valence-corrected chi connectivity index (χ1v) is 11.2. The molecule has 0 spiro atoms. The molecule has 0 amide bonds. The zero-order valence-corrected chi connectivity index (χ0v) is 18.3. The van der Waals surface area contributed by atoms with Crippen molar-refractivity contribution in [3.8, 4) is 0 Å². The van der Waals surface area contributed by atoms with Crippen molar-refractivity contribution in [1.82, 2.24) is 15.1 Å². The molecule has 1 heterocycles. The fraction of sp³-hybridized carbons (Fsp3) is 0.650. The molecule has 1 aliphatic heterocycles. The number of aliphatic imine (C=N–C) groups is 1. The number of nitrogens with one attached hydrogen (secondary N) is 1. The lowest BCUT2D eigenvalue weighted by Gasteiger charge is -2.39. The van der Waals surface area contributed by atoms with Crippen molar-refractivity contribution in [3.05, 3.63) is 35.4 Å². The number of rotatable bonds is 5. The van der Waals surface area contributed by atoms with Gasteiger partial charge in [-0.15, -0.1) is 0 Å². The van der Waals surface area contributed by atoms with Crippen LogP contribution in [0, 0.1) is 0 Å². The molecule has 7 heteroatoms. The second kappa shape index (κ2) is 8.61. The third-order valence-corrected chi connectivity index (χ3v) is 7.94. The number of hydrogen-bond acceptors (Lipinski definition) is 4. The highest BCUT2D eigenvalue weighted by atomic mass is 32.2. The average Bonchev–Trinajstić information content (AvgIpc) is 2.59. The van der Waals surface area contributed by atoms with Crippen molar-refractivity contribution < 1.29 is 8.42 Å². The Morgan fingerprint density at radius 1 is 1.30 bits per heavy atom. The summed E-state index contributed by atoms with van der Waals surface area (Å²) in [6.45, 7) is 10.4. The summed E-state index contributed by atoms with van der Waals surface area (Å²) < 4.78 is 23.7. The first-order valence-electron chi connectivity index (χ1n) is 9.52. The smallest absolute Gasteiger partial charge is 0.193 e. The van der Waals surface area contributed by atoms with Gasteiger partial charge in [-0.25, -0.2) is 8.42 Å². The minimum atomic E-state index is -3.06. The maximum atomic E-state index is 12.2. The molecule has 0 radical (unpaired) electrons. The van der Waals surface area contributed by atoms with Crippen LogP contribution in [0.25, 0.3) is 0 Å². The summed E-state index contributed by atoms with van der Waals surface area (Å²) in [5.41, 5.74) is 2.52. The summed E-state index contributed by atoms with van der Waals surface area (Å²) in [4.78, 5) is 8.74. The van der Waals surface area contributed by atoms with Gasteiger partial charge in [-0.3, -0.25) is 9.89 Å². The third kappa shape index (κ3) is 5.23. The van der Waals surface area contributed by atoms with E-state index in [1.807, 2.05) is 4.90 Å². The summed E-state index contributed by atoms with van der Waals surface area (Å²) in [6, 6.07) is 8.90. The van der Waals surface area contributed by atoms with Crippen LogP contribution in [0.5, 0.6) is 0 Å². The predicted molar refractivity (Wildman–Crippen MR) is 113 cm³/mol. The summed E-state index contributed by atoms with van der Waals surface area (Å²) in [5, 5.41) is 3.43. The van der Waals surface area contributed by atoms with Gasteiger partial charge in [0.15, 0.2) is 15.8 Å². The van der Waals surface area contributed by atoms with Gasteiger partial charge in [0.05, 0.1) is 10.5 Å².